The minimum Gasteiger partial charge on any atom is -0.369 e. The highest BCUT2D eigenvalue weighted by molar-refractivity contribution is 5.77. The number of nitrogen functional groups attached to an aromatic ring is 1. The van der Waals surface area contributed by atoms with Gasteiger partial charge in [0.1, 0.15) is 5.52 Å². The summed E-state index contributed by atoms with van der Waals surface area (Å²) < 4.78 is 4.09. The molecule has 6 heteroatoms. The molecule has 1 aliphatic heterocycles. The van der Waals surface area contributed by atoms with Crippen molar-refractivity contribution in [3.63, 3.8) is 0 Å². The lowest BCUT2D eigenvalue weighted by Gasteiger charge is -2.31. The SMILES string of the molecule is CCc1nn(C)c2c1nc(N)n2CC1CCN(CC)CC1. The fourth-order valence-electron chi connectivity index (χ4n) is 3.42. The van der Waals surface area contributed by atoms with Crippen LogP contribution in [0.4, 0.5) is 5.95 Å². The molecule has 1 saturated heterocycles. The first-order valence-electron chi connectivity index (χ1n) is 8.03. The highest BCUT2D eigenvalue weighted by Gasteiger charge is 2.22. The summed E-state index contributed by atoms with van der Waals surface area (Å²) in [6.07, 6.45) is 3.37. The summed E-state index contributed by atoms with van der Waals surface area (Å²) in [6.45, 7) is 8.86. The molecule has 0 aromatic carbocycles. The van der Waals surface area contributed by atoms with Gasteiger partial charge in [-0.25, -0.2) is 4.98 Å². The standard InChI is InChI=1S/C15H26N6/c1-4-12-13-14(19(3)18-12)21(15(16)17-13)10-11-6-8-20(5-2)9-7-11/h11H,4-10H2,1-3H3,(H2,16,17). The number of nitrogens with zero attached hydrogens (tertiary/aromatic N) is 5. The second-order valence-electron chi connectivity index (χ2n) is 6.05. The number of aryl methyl sites for hydroxylation is 2. The van der Waals surface area contributed by atoms with Gasteiger partial charge in [0.25, 0.3) is 0 Å². The number of rotatable bonds is 4. The molecule has 3 rings (SSSR count). The van der Waals surface area contributed by atoms with Gasteiger partial charge in [-0.2, -0.15) is 5.10 Å². The van der Waals surface area contributed by atoms with Gasteiger partial charge < -0.3 is 10.6 Å². The molecule has 0 saturated carbocycles. The van der Waals surface area contributed by atoms with E-state index in [0.29, 0.717) is 11.9 Å². The number of hydrogen-bond acceptors (Lipinski definition) is 4. The molecule has 1 fully saturated rings. The normalized spacial score (nSPS) is 17.9. The molecule has 21 heavy (non-hydrogen) atoms. The molecular weight excluding hydrogens is 264 g/mol. The zero-order valence-electron chi connectivity index (χ0n) is 13.3. The summed E-state index contributed by atoms with van der Waals surface area (Å²) in [5.41, 5.74) is 9.25. The van der Waals surface area contributed by atoms with Crippen LogP contribution < -0.4 is 5.73 Å². The van der Waals surface area contributed by atoms with E-state index in [1.165, 1.54) is 25.9 Å². The molecule has 1 aliphatic rings. The molecular formula is C15H26N6. The third-order valence-electron chi connectivity index (χ3n) is 4.75. The van der Waals surface area contributed by atoms with E-state index >= 15 is 0 Å². The van der Waals surface area contributed by atoms with Crippen molar-refractivity contribution >= 4 is 17.1 Å². The van der Waals surface area contributed by atoms with Crippen LogP contribution in [0.5, 0.6) is 0 Å². The molecule has 2 N–H and O–H groups in total. The van der Waals surface area contributed by atoms with Crippen molar-refractivity contribution < 1.29 is 0 Å². The Labute approximate surface area is 125 Å². The topological polar surface area (TPSA) is 64.9 Å². The maximum absolute atomic E-state index is 6.16. The molecule has 0 spiro atoms. The molecule has 0 atom stereocenters. The van der Waals surface area contributed by atoms with E-state index in [2.05, 4.69) is 33.4 Å². The number of fused-ring (bicyclic) bond motifs is 1. The number of piperidine rings is 1. The maximum Gasteiger partial charge on any atom is 0.202 e. The summed E-state index contributed by atoms with van der Waals surface area (Å²) in [7, 11) is 1.98. The summed E-state index contributed by atoms with van der Waals surface area (Å²) in [6, 6.07) is 0. The van der Waals surface area contributed by atoms with Crippen LogP contribution >= 0.6 is 0 Å². The molecule has 0 radical (unpaired) electrons. The molecule has 2 aromatic rings. The van der Waals surface area contributed by atoms with Gasteiger partial charge in [-0.3, -0.25) is 9.25 Å². The summed E-state index contributed by atoms with van der Waals surface area (Å²) in [4.78, 5) is 7.06. The third kappa shape index (κ3) is 2.52. The second-order valence-corrected chi connectivity index (χ2v) is 6.05. The van der Waals surface area contributed by atoms with Crippen molar-refractivity contribution in [2.75, 3.05) is 25.4 Å². The molecule has 0 unspecified atom stereocenters. The van der Waals surface area contributed by atoms with Crippen molar-refractivity contribution in [2.24, 2.45) is 13.0 Å². The molecule has 3 heterocycles. The average Bonchev–Trinajstić information content (AvgIpc) is 2.98. The molecule has 116 valence electrons. The van der Waals surface area contributed by atoms with Crippen molar-refractivity contribution in [1.82, 2.24) is 24.2 Å². The number of likely N-dealkylation sites (tertiary alicyclic amines) is 1. The number of imidazole rings is 1. The Bertz CT molecular complexity index is 618. The van der Waals surface area contributed by atoms with E-state index in [-0.39, 0.29) is 0 Å². The molecule has 0 amide bonds. The average molecular weight is 290 g/mol. The fraction of sp³-hybridized carbons (Fsp3) is 0.733. The Morgan fingerprint density at radius 3 is 2.57 bits per heavy atom. The van der Waals surface area contributed by atoms with Gasteiger partial charge in [0.2, 0.25) is 5.95 Å². The van der Waals surface area contributed by atoms with Gasteiger partial charge >= 0.3 is 0 Å². The van der Waals surface area contributed by atoms with Crippen LogP contribution in [-0.4, -0.2) is 43.9 Å². The number of nitrogens with two attached hydrogens (primary N) is 1. The highest BCUT2D eigenvalue weighted by atomic mass is 15.3. The Kier molecular flexibility index (Phi) is 3.89. The van der Waals surface area contributed by atoms with Crippen LogP contribution in [-0.2, 0) is 20.0 Å². The van der Waals surface area contributed by atoms with E-state index in [0.717, 1.165) is 36.4 Å². The van der Waals surface area contributed by atoms with Crippen LogP contribution in [0.15, 0.2) is 0 Å². The number of hydrogen-bond donors (Lipinski definition) is 1. The quantitative estimate of drug-likeness (QED) is 0.930. The monoisotopic (exact) mass is 290 g/mol. The smallest absolute Gasteiger partial charge is 0.202 e. The van der Waals surface area contributed by atoms with Gasteiger partial charge in [0, 0.05) is 13.6 Å². The van der Waals surface area contributed by atoms with Crippen LogP contribution in [0.25, 0.3) is 11.2 Å². The van der Waals surface area contributed by atoms with Crippen LogP contribution in [0.3, 0.4) is 0 Å². The van der Waals surface area contributed by atoms with E-state index in [1.54, 1.807) is 0 Å². The van der Waals surface area contributed by atoms with Crippen LogP contribution in [0.1, 0.15) is 32.4 Å². The fourth-order valence-corrected chi connectivity index (χ4v) is 3.42. The lowest BCUT2D eigenvalue weighted by Crippen LogP contribution is -2.34. The van der Waals surface area contributed by atoms with E-state index in [9.17, 15) is 0 Å². The predicted octanol–water partition coefficient (Wildman–Crippen LogP) is 1.65. The first kappa shape index (κ1) is 14.4. The van der Waals surface area contributed by atoms with Crippen molar-refractivity contribution in [2.45, 2.75) is 39.7 Å². The van der Waals surface area contributed by atoms with Crippen LogP contribution in [0.2, 0.25) is 0 Å². The molecule has 6 nitrogen and oxygen atoms in total. The van der Waals surface area contributed by atoms with Gasteiger partial charge in [-0.1, -0.05) is 13.8 Å². The lowest BCUT2D eigenvalue weighted by molar-refractivity contribution is 0.182. The Morgan fingerprint density at radius 2 is 1.95 bits per heavy atom. The van der Waals surface area contributed by atoms with Crippen molar-refractivity contribution in [1.29, 1.82) is 0 Å². The first-order chi connectivity index (χ1) is 10.1. The molecule has 2 aromatic heterocycles. The summed E-state index contributed by atoms with van der Waals surface area (Å²) in [5, 5.41) is 4.56. The minimum absolute atomic E-state index is 0.630. The van der Waals surface area contributed by atoms with Crippen molar-refractivity contribution in [3.05, 3.63) is 5.69 Å². The Balaban J connectivity index is 1.84. The number of anilines is 1. The lowest BCUT2D eigenvalue weighted by atomic mass is 9.97. The Hall–Kier alpha value is -1.56. The van der Waals surface area contributed by atoms with Gasteiger partial charge in [-0.15, -0.1) is 0 Å². The van der Waals surface area contributed by atoms with Crippen LogP contribution in [0, 0.1) is 5.92 Å². The van der Waals surface area contributed by atoms with Gasteiger partial charge in [0.05, 0.1) is 5.69 Å². The van der Waals surface area contributed by atoms with E-state index in [4.69, 9.17) is 5.73 Å². The largest absolute Gasteiger partial charge is 0.369 e. The zero-order valence-corrected chi connectivity index (χ0v) is 13.3. The van der Waals surface area contributed by atoms with E-state index in [1.807, 2.05) is 11.7 Å². The van der Waals surface area contributed by atoms with Crippen molar-refractivity contribution in [3.8, 4) is 0 Å². The third-order valence-corrected chi connectivity index (χ3v) is 4.75. The minimum atomic E-state index is 0.630. The summed E-state index contributed by atoms with van der Waals surface area (Å²) in [5.74, 6) is 1.32. The number of aromatic nitrogens is 4. The van der Waals surface area contributed by atoms with E-state index < -0.39 is 0 Å². The second kappa shape index (κ2) is 5.67. The maximum atomic E-state index is 6.16. The molecule has 0 aliphatic carbocycles. The molecule has 0 bridgehead atoms. The van der Waals surface area contributed by atoms with Gasteiger partial charge in [0.15, 0.2) is 5.65 Å². The first-order valence-corrected chi connectivity index (χ1v) is 8.03. The predicted molar refractivity (Wildman–Crippen MR) is 85.1 cm³/mol. The van der Waals surface area contributed by atoms with Gasteiger partial charge in [-0.05, 0) is 44.8 Å². The highest BCUT2D eigenvalue weighted by Crippen LogP contribution is 2.25. The Morgan fingerprint density at radius 1 is 1.24 bits per heavy atom. The zero-order chi connectivity index (χ0) is 15.0. The summed E-state index contributed by atoms with van der Waals surface area (Å²) >= 11 is 0.